The van der Waals surface area contributed by atoms with Crippen molar-refractivity contribution in [3.8, 4) is 0 Å². The van der Waals surface area contributed by atoms with Gasteiger partial charge in [0.15, 0.2) is 0 Å². The predicted octanol–water partition coefficient (Wildman–Crippen LogP) is 3.62. The largest absolute Gasteiger partial charge is 0.393 e. The van der Waals surface area contributed by atoms with Crippen molar-refractivity contribution < 1.29 is 10.0 Å². The zero-order valence-electron chi connectivity index (χ0n) is 11.8. The summed E-state index contributed by atoms with van der Waals surface area (Å²) in [5.74, 6) is 0. The quantitative estimate of drug-likeness (QED) is 0.640. The molecular formula is C15H16BrN3O3. The minimum atomic E-state index is -0.422. The number of fused-ring (bicyclic) bond motifs is 1. The maximum absolute atomic E-state index is 11.3. The number of nitro groups is 1. The summed E-state index contributed by atoms with van der Waals surface area (Å²) >= 11 is 3.40. The lowest BCUT2D eigenvalue weighted by atomic mass is 9.92. The number of rotatable bonds is 3. The van der Waals surface area contributed by atoms with Crippen molar-refractivity contribution in [2.45, 2.75) is 37.8 Å². The monoisotopic (exact) mass is 365 g/mol. The number of nitrogens with zero attached hydrogens (tertiary/aromatic N) is 2. The normalized spacial score (nSPS) is 21.7. The molecule has 1 aliphatic carbocycles. The summed E-state index contributed by atoms with van der Waals surface area (Å²) in [6, 6.07) is 5.54. The minimum absolute atomic E-state index is 0.0343. The molecule has 1 aromatic carbocycles. The lowest BCUT2D eigenvalue weighted by molar-refractivity contribution is -0.384. The molecule has 1 aromatic heterocycles. The molecule has 1 fully saturated rings. The van der Waals surface area contributed by atoms with Crippen LogP contribution in [0.5, 0.6) is 0 Å². The van der Waals surface area contributed by atoms with Gasteiger partial charge in [0.05, 0.1) is 16.5 Å². The Morgan fingerprint density at radius 1 is 1.41 bits per heavy atom. The highest BCUT2D eigenvalue weighted by molar-refractivity contribution is 9.10. The molecule has 2 unspecified atom stereocenters. The van der Waals surface area contributed by atoms with Crippen LogP contribution in [0.4, 0.5) is 11.4 Å². The highest BCUT2D eigenvalue weighted by Crippen LogP contribution is 2.35. The fourth-order valence-corrected chi connectivity index (χ4v) is 3.30. The van der Waals surface area contributed by atoms with Gasteiger partial charge in [0.2, 0.25) is 0 Å². The number of aliphatic hydroxyl groups is 1. The summed E-state index contributed by atoms with van der Waals surface area (Å²) in [5.41, 5.74) is 1.15. The van der Waals surface area contributed by atoms with Gasteiger partial charge in [0, 0.05) is 15.9 Å². The van der Waals surface area contributed by atoms with Gasteiger partial charge in [-0.2, -0.15) is 0 Å². The van der Waals surface area contributed by atoms with Crippen molar-refractivity contribution in [3.05, 3.63) is 39.0 Å². The van der Waals surface area contributed by atoms with Crippen LogP contribution < -0.4 is 5.32 Å². The number of benzene rings is 1. The van der Waals surface area contributed by atoms with Crippen molar-refractivity contribution in [1.82, 2.24) is 4.98 Å². The number of nitrogens with one attached hydrogen (secondary N) is 1. The average Bonchev–Trinajstić information content (AvgIpc) is 2.47. The molecule has 2 aromatic rings. The Labute approximate surface area is 135 Å². The molecule has 0 radical (unpaired) electrons. The van der Waals surface area contributed by atoms with Crippen LogP contribution in [0.15, 0.2) is 28.9 Å². The molecule has 3 rings (SSSR count). The van der Waals surface area contributed by atoms with E-state index in [1.807, 2.05) is 18.2 Å². The van der Waals surface area contributed by atoms with Crippen LogP contribution in [0.3, 0.4) is 0 Å². The molecule has 7 heteroatoms. The van der Waals surface area contributed by atoms with E-state index >= 15 is 0 Å². The maximum atomic E-state index is 11.3. The molecule has 0 saturated heterocycles. The molecule has 0 bridgehead atoms. The second kappa shape index (κ2) is 6.18. The molecule has 2 N–H and O–H groups in total. The Morgan fingerprint density at radius 2 is 2.23 bits per heavy atom. The van der Waals surface area contributed by atoms with Gasteiger partial charge < -0.3 is 10.4 Å². The van der Waals surface area contributed by atoms with Gasteiger partial charge in [-0.15, -0.1) is 0 Å². The van der Waals surface area contributed by atoms with E-state index in [1.165, 1.54) is 6.20 Å². The van der Waals surface area contributed by atoms with E-state index in [4.69, 9.17) is 0 Å². The van der Waals surface area contributed by atoms with Crippen LogP contribution in [0, 0.1) is 10.1 Å². The molecule has 22 heavy (non-hydrogen) atoms. The molecule has 2 atom stereocenters. The zero-order chi connectivity index (χ0) is 15.7. The van der Waals surface area contributed by atoms with Gasteiger partial charge in [-0.25, -0.2) is 4.98 Å². The molecule has 1 saturated carbocycles. The first-order valence-corrected chi connectivity index (χ1v) is 8.01. The van der Waals surface area contributed by atoms with E-state index in [0.29, 0.717) is 23.0 Å². The number of hydrogen-bond acceptors (Lipinski definition) is 5. The smallest absolute Gasteiger partial charge is 0.311 e. The van der Waals surface area contributed by atoms with E-state index in [9.17, 15) is 15.2 Å². The summed E-state index contributed by atoms with van der Waals surface area (Å²) in [5, 5.41) is 25.1. The van der Waals surface area contributed by atoms with Crippen LogP contribution >= 0.6 is 15.9 Å². The fraction of sp³-hybridized carbons (Fsp3) is 0.400. The van der Waals surface area contributed by atoms with Gasteiger partial charge in [-0.1, -0.05) is 15.9 Å². The zero-order valence-corrected chi connectivity index (χ0v) is 13.4. The van der Waals surface area contributed by atoms with Crippen LogP contribution in [0.2, 0.25) is 0 Å². The van der Waals surface area contributed by atoms with Crippen molar-refractivity contribution in [2.75, 3.05) is 5.32 Å². The molecule has 0 spiro atoms. The first-order valence-electron chi connectivity index (χ1n) is 7.22. The predicted molar refractivity (Wildman–Crippen MR) is 88.0 cm³/mol. The van der Waals surface area contributed by atoms with Gasteiger partial charge in [0.1, 0.15) is 11.9 Å². The third kappa shape index (κ3) is 3.05. The van der Waals surface area contributed by atoms with Crippen LogP contribution in [0.1, 0.15) is 25.7 Å². The highest BCUT2D eigenvalue weighted by atomic mass is 79.9. The number of halogens is 1. The Bertz CT molecular complexity index is 722. The van der Waals surface area contributed by atoms with E-state index in [-0.39, 0.29) is 17.8 Å². The second-order valence-corrected chi connectivity index (χ2v) is 6.51. The third-order valence-electron chi connectivity index (χ3n) is 4.00. The second-order valence-electron chi connectivity index (χ2n) is 5.60. The summed E-state index contributed by atoms with van der Waals surface area (Å²) in [6.45, 7) is 0. The van der Waals surface area contributed by atoms with Gasteiger partial charge >= 0.3 is 5.69 Å². The minimum Gasteiger partial charge on any atom is -0.393 e. The summed E-state index contributed by atoms with van der Waals surface area (Å²) < 4.78 is 0.842. The van der Waals surface area contributed by atoms with Crippen molar-refractivity contribution >= 4 is 38.2 Å². The van der Waals surface area contributed by atoms with Crippen molar-refractivity contribution in [3.63, 3.8) is 0 Å². The number of hydrogen-bond donors (Lipinski definition) is 2. The molecule has 0 amide bonds. The summed E-state index contributed by atoms with van der Waals surface area (Å²) in [6.07, 6.45) is 4.16. The Hall–Kier alpha value is -1.73. The third-order valence-corrected chi connectivity index (χ3v) is 4.49. The number of aliphatic hydroxyl groups excluding tert-OH is 1. The number of aromatic nitrogens is 1. The molecule has 1 heterocycles. The Balaban J connectivity index is 2.05. The number of pyridine rings is 1. The average molecular weight is 366 g/mol. The van der Waals surface area contributed by atoms with Gasteiger partial charge in [-0.3, -0.25) is 10.1 Å². The SMILES string of the molecule is O=[N+]([O-])c1cnc2ccc(Br)cc2c1NC1CCCC(O)C1. The first kappa shape index (κ1) is 15.2. The molecule has 1 aliphatic rings. The Morgan fingerprint density at radius 3 is 2.95 bits per heavy atom. The summed E-state index contributed by atoms with van der Waals surface area (Å²) in [4.78, 5) is 15.1. The number of anilines is 1. The van der Waals surface area contributed by atoms with E-state index in [2.05, 4.69) is 26.2 Å². The first-order chi connectivity index (χ1) is 10.5. The molecule has 116 valence electrons. The highest BCUT2D eigenvalue weighted by Gasteiger charge is 2.25. The van der Waals surface area contributed by atoms with Crippen LogP contribution in [-0.4, -0.2) is 27.2 Å². The molecule has 6 nitrogen and oxygen atoms in total. The fourth-order valence-electron chi connectivity index (χ4n) is 2.94. The van der Waals surface area contributed by atoms with E-state index in [0.717, 1.165) is 23.7 Å². The van der Waals surface area contributed by atoms with E-state index < -0.39 is 4.92 Å². The Kier molecular flexibility index (Phi) is 4.26. The lowest BCUT2D eigenvalue weighted by Gasteiger charge is -2.27. The van der Waals surface area contributed by atoms with Crippen LogP contribution in [0.25, 0.3) is 10.9 Å². The van der Waals surface area contributed by atoms with Crippen molar-refractivity contribution in [1.29, 1.82) is 0 Å². The molecular weight excluding hydrogens is 350 g/mol. The standard InChI is InChI=1S/C15H16BrN3O3/c16-9-4-5-13-12(6-9)15(14(8-17-13)19(21)22)18-10-2-1-3-11(20)7-10/h4-6,8,10-11,20H,1-3,7H2,(H,17,18). The molecule has 0 aliphatic heterocycles. The van der Waals surface area contributed by atoms with Crippen molar-refractivity contribution in [2.24, 2.45) is 0 Å². The summed E-state index contributed by atoms with van der Waals surface area (Å²) in [7, 11) is 0. The lowest BCUT2D eigenvalue weighted by Crippen LogP contribution is -2.30. The topological polar surface area (TPSA) is 88.3 Å². The van der Waals surface area contributed by atoms with Gasteiger partial charge in [-0.05, 0) is 43.9 Å². The maximum Gasteiger partial charge on any atom is 0.311 e. The van der Waals surface area contributed by atoms with Crippen LogP contribution in [-0.2, 0) is 0 Å². The van der Waals surface area contributed by atoms with E-state index in [1.54, 1.807) is 0 Å². The van der Waals surface area contributed by atoms with Gasteiger partial charge in [0.25, 0.3) is 0 Å².